The van der Waals surface area contributed by atoms with E-state index in [1.54, 1.807) is 0 Å². The molecule has 1 N–H and O–H groups in total. The van der Waals surface area contributed by atoms with E-state index in [9.17, 15) is 5.11 Å². The van der Waals surface area contributed by atoms with Crippen LogP contribution >= 0.6 is 0 Å². The summed E-state index contributed by atoms with van der Waals surface area (Å²) in [5, 5.41) is 9.25. The monoisotopic (exact) mass is 264 g/mol. The van der Waals surface area contributed by atoms with E-state index in [1.807, 2.05) is 6.92 Å². The van der Waals surface area contributed by atoms with Gasteiger partial charge in [0, 0.05) is 0 Å². The van der Waals surface area contributed by atoms with Crippen molar-refractivity contribution in [2.45, 2.75) is 65.4 Å². The second-order valence-electron chi connectivity index (χ2n) is 6.27. The topological polar surface area (TPSA) is 29.5 Å². The highest BCUT2D eigenvalue weighted by molar-refractivity contribution is 5.41. The zero-order valence-electron chi connectivity index (χ0n) is 13.0. The molecule has 0 saturated carbocycles. The number of aliphatic hydroxyl groups excluding tert-OH is 1. The second-order valence-corrected chi connectivity index (χ2v) is 6.27. The minimum absolute atomic E-state index is 0.0881. The molecule has 0 aromatic heterocycles. The standard InChI is InChI=1S/C17H28O2/c1-6-14-9-10-16(15(12-14)17(3,4)5)19-11-7-8-13(2)18/h9-10,12-13,18H,6-8,11H2,1-5H3. The third-order valence-corrected chi connectivity index (χ3v) is 3.28. The number of aliphatic hydroxyl groups is 1. The van der Waals surface area contributed by atoms with Crippen molar-refractivity contribution < 1.29 is 9.84 Å². The fraction of sp³-hybridized carbons (Fsp3) is 0.647. The zero-order chi connectivity index (χ0) is 14.5. The summed E-state index contributed by atoms with van der Waals surface area (Å²) >= 11 is 0. The Balaban J connectivity index is 2.76. The first-order chi connectivity index (χ1) is 8.84. The maximum absolute atomic E-state index is 9.25. The summed E-state index contributed by atoms with van der Waals surface area (Å²) in [7, 11) is 0. The molecule has 1 aromatic carbocycles. The Bertz CT molecular complexity index is 389. The van der Waals surface area contributed by atoms with Gasteiger partial charge in [-0.3, -0.25) is 0 Å². The highest BCUT2D eigenvalue weighted by Gasteiger charge is 2.19. The van der Waals surface area contributed by atoms with E-state index in [0.29, 0.717) is 6.61 Å². The van der Waals surface area contributed by atoms with Crippen LogP contribution < -0.4 is 4.74 Å². The molecule has 1 atom stereocenters. The lowest BCUT2D eigenvalue weighted by Gasteiger charge is -2.23. The van der Waals surface area contributed by atoms with Crippen molar-refractivity contribution in [1.82, 2.24) is 0 Å². The first-order valence-corrected chi connectivity index (χ1v) is 7.29. The van der Waals surface area contributed by atoms with E-state index in [2.05, 4.69) is 45.9 Å². The largest absolute Gasteiger partial charge is 0.493 e. The lowest BCUT2D eigenvalue weighted by Crippen LogP contribution is -2.14. The number of rotatable bonds is 6. The van der Waals surface area contributed by atoms with Gasteiger partial charge in [0.15, 0.2) is 0 Å². The maximum atomic E-state index is 9.25. The summed E-state index contributed by atoms with van der Waals surface area (Å²) < 4.78 is 5.90. The number of aryl methyl sites for hydroxylation is 1. The first kappa shape index (κ1) is 16.0. The Kier molecular flexibility index (Phi) is 5.86. The lowest BCUT2D eigenvalue weighted by atomic mass is 9.85. The molecule has 0 bridgehead atoms. The van der Waals surface area contributed by atoms with Gasteiger partial charge in [0.1, 0.15) is 5.75 Å². The molecule has 1 rings (SSSR count). The molecule has 0 aliphatic rings. The van der Waals surface area contributed by atoms with Crippen LogP contribution in [-0.2, 0) is 11.8 Å². The van der Waals surface area contributed by atoms with Crippen LogP contribution in [0.25, 0.3) is 0 Å². The predicted octanol–water partition coefficient (Wildman–Crippen LogP) is 4.09. The highest BCUT2D eigenvalue weighted by atomic mass is 16.5. The summed E-state index contributed by atoms with van der Waals surface area (Å²) in [5.41, 5.74) is 2.70. The summed E-state index contributed by atoms with van der Waals surface area (Å²) in [5.74, 6) is 0.982. The molecule has 0 spiro atoms. The molecule has 108 valence electrons. The summed E-state index contributed by atoms with van der Waals surface area (Å²) in [6.45, 7) is 11.3. The molecular formula is C17H28O2. The normalized spacial score (nSPS) is 13.4. The van der Waals surface area contributed by atoms with E-state index in [-0.39, 0.29) is 11.5 Å². The highest BCUT2D eigenvalue weighted by Crippen LogP contribution is 2.32. The van der Waals surface area contributed by atoms with Crippen LogP contribution in [0, 0.1) is 0 Å². The van der Waals surface area contributed by atoms with Gasteiger partial charge in [0.25, 0.3) is 0 Å². The van der Waals surface area contributed by atoms with Crippen molar-refractivity contribution in [2.75, 3.05) is 6.61 Å². The molecule has 0 amide bonds. The van der Waals surface area contributed by atoms with Crippen LogP contribution in [0.2, 0.25) is 0 Å². The average Bonchev–Trinajstić information content (AvgIpc) is 2.33. The van der Waals surface area contributed by atoms with E-state index in [0.717, 1.165) is 25.0 Å². The second kappa shape index (κ2) is 6.95. The Hall–Kier alpha value is -1.02. The van der Waals surface area contributed by atoms with Crippen LogP contribution in [0.1, 0.15) is 58.6 Å². The van der Waals surface area contributed by atoms with Crippen LogP contribution in [-0.4, -0.2) is 17.8 Å². The van der Waals surface area contributed by atoms with Gasteiger partial charge in [-0.2, -0.15) is 0 Å². The third kappa shape index (κ3) is 5.23. The minimum atomic E-state index is -0.242. The quantitative estimate of drug-likeness (QED) is 0.784. The van der Waals surface area contributed by atoms with Crippen LogP contribution in [0.3, 0.4) is 0 Å². The molecule has 0 radical (unpaired) electrons. The van der Waals surface area contributed by atoms with Gasteiger partial charge < -0.3 is 9.84 Å². The third-order valence-electron chi connectivity index (χ3n) is 3.28. The van der Waals surface area contributed by atoms with Crippen molar-refractivity contribution in [2.24, 2.45) is 0 Å². The average molecular weight is 264 g/mol. The Morgan fingerprint density at radius 3 is 2.47 bits per heavy atom. The number of hydrogen-bond acceptors (Lipinski definition) is 2. The fourth-order valence-electron chi connectivity index (χ4n) is 2.07. The zero-order valence-corrected chi connectivity index (χ0v) is 13.0. The molecule has 1 aromatic rings. The van der Waals surface area contributed by atoms with Gasteiger partial charge in [-0.1, -0.05) is 39.8 Å². The van der Waals surface area contributed by atoms with Crippen molar-refractivity contribution in [1.29, 1.82) is 0 Å². The number of ether oxygens (including phenoxy) is 1. The summed E-state index contributed by atoms with van der Waals surface area (Å²) in [4.78, 5) is 0. The van der Waals surface area contributed by atoms with E-state index < -0.39 is 0 Å². The molecule has 0 saturated heterocycles. The van der Waals surface area contributed by atoms with Crippen LogP contribution in [0.15, 0.2) is 18.2 Å². The van der Waals surface area contributed by atoms with Crippen molar-refractivity contribution in [3.63, 3.8) is 0 Å². The summed E-state index contributed by atoms with van der Waals surface area (Å²) in [6.07, 6.45) is 2.48. The van der Waals surface area contributed by atoms with Gasteiger partial charge in [-0.25, -0.2) is 0 Å². The molecule has 0 heterocycles. The molecular weight excluding hydrogens is 236 g/mol. The van der Waals surface area contributed by atoms with Gasteiger partial charge in [-0.15, -0.1) is 0 Å². The Morgan fingerprint density at radius 1 is 1.26 bits per heavy atom. The Labute approximate surface area is 117 Å². The molecule has 0 aliphatic heterocycles. The number of hydrogen-bond donors (Lipinski definition) is 1. The van der Waals surface area contributed by atoms with Crippen LogP contribution in [0.4, 0.5) is 0 Å². The van der Waals surface area contributed by atoms with Gasteiger partial charge in [0.2, 0.25) is 0 Å². The first-order valence-electron chi connectivity index (χ1n) is 7.29. The van der Waals surface area contributed by atoms with Gasteiger partial charge in [0.05, 0.1) is 12.7 Å². The van der Waals surface area contributed by atoms with Gasteiger partial charge in [-0.05, 0) is 48.8 Å². The molecule has 0 aliphatic carbocycles. The smallest absolute Gasteiger partial charge is 0.123 e. The Morgan fingerprint density at radius 2 is 1.95 bits per heavy atom. The van der Waals surface area contributed by atoms with Crippen molar-refractivity contribution in [3.05, 3.63) is 29.3 Å². The molecule has 19 heavy (non-hydrogen) atoms. The van der Waals surface area contributed by atoms with E-state index in [4.69, 9.17) is 4.74 Å². The minimum Gasteiger partial charge on any atom is -0.493 e. The van der Waals surface area contributed by atoms with Crippen molar-refractivity contribution >= 4 is 0 Å². The molecule has 0 fully saturated rings. The SMILES string of the molecule is CCc1ccc(OCCCC(C)O)c(C(C)(C)C)c1. The number of benzene rings is 1. The molecule has 2 nitrogen and oxygen atoms in total. The van der Waals surface area contributed by atoms with Crippen LogP contribution in [0.5, 0.6) is 5.75 Å². The molecule has 1 unspecified atom stereocenters. The van der Waals surface area contributed by atoms with Gasteiger partial charge >= 0.3 is 0 Å². The molecule has 2 heteroatoms. The maximum Gasteiger partial charge on any atom is 0.123 e. The summed E-state index contributed by atoms with van der Waals surface area (Å²) in [6, 6.07) is 6.48. The fourth-order valence-corrected chi connectivity index (χ4v) is 2.07. The van der Waals surface area contributed by atoms with E-state index >= 15 is 0 Å². The predicted molar refractivity (Wildman–Crippen MR) is 80.9 cm³/mol. The van der Waals surface area contributed by atoms with Crippen molar-refractivity contribution in [3.8, 4) is 5.75 Å². The van der Waals surface area contributed by atoms with E-state index in [1.165, 1.54) is 11.1 Å². The lowest BCUT2D eigenvalue weighted by molar-refractivity contribution is 0.170.